The van der Waals surface area contributed by atoms with Crippen molar-refractivity contribution >= 4 is 17.2 Å². The first-order valence-electron chi connectivity index (χ1n) is 7.36. The Kier molecular flexibility index (Phi) is 3.35. The second-order valence-corrected chi connectivity index (χ2v) is 6.87. The molecule has 2 aliphatic heterocycles. The molecule has 0 aliphatic carbocycles. The molecule has 2 saturated heterocycles. The maximum Gasteiger partial charge on any atom is 0.237 e. The van der Waals surface area contributed by atoms with Crippen LogP contribution in [0.15, 0.2) is 30.5 Å². The summed E-state index contributed by atoms with van der Waals surface area (Å²) in [5.74, 6) is 1.01. The van der Waals surface area contributed by atoms with Crippen LogP contribution in [0.1, 0.15) is 11.3 Å². The largest absolute Gasteiger partial charge is 0.497 e. The van der Waals surface area contributed by atoms with E-state index in [2.05, 4.69) is 15.2 Å². The van der Waals surface area contributed by atoms with Gasteiger partial charge in [-0.3, -0.25) is 9.69 Å². The zero-order valence-electron chi connectivity index (χ0n) is 12.3. The fourth-order valence-electron chi connectivity index (χ4n) is 3.22. The smallest absolute Gasteiger partial charge is 0.237 e. The Morgan fingerprint density at radius 1 is 1.50 bits per heavy atom. The minimum atomic E-state index is 0.0485. The van der Waals surface area contributed by atoms with E-state index < -0.39 is 0 Å². The van der Waals surface area contributed by atoms with Gasteiger partial charge in [-0.15, -0.1) is 11.3 Å². The van der Waals surface area contributed by atoms with Gasteiger partial charge < -0.3 is 10.1 Å². The fourth-order valence-corrected chi connectivity index (χ4v) is 4.16. The van der Waals surface area contributed by atoms with E-state index in [9.17, 15) is 4.79 Å². The predicted molar refractivity (Wildman–Crippen MR) is 84.8 cm³/mol. The van der Waals surface area contributed by atoms with E-state index in [0.29, 0.717) is 6.04 Å². The van der Waals surface area contributed by atoms with E-state index in [1.165, 1.54) is 4.88 Å². The van der Waals surface area contributed by atoms with E-state index in [1.54, 1.807) is 18.4 Å². The van der Waals surface area contributed by atoms with Crippen molar-refractivity contribution in [3.8, 4) is 16.3 Å². The van der Waals surface area contributed by atoms with Crippen LogP contribution < -0.4 is 10.1 Å². The number of hydrogen-bond acceptors (Lipinski definition) is 5. The van der Waals surface area contributed by atoms with Crippen LogP contribution >= 0.6 is 11.3 Å². The molecule has 1 N–H and O–H groups in total. The Hall–Kier alpha value is -1.92. The lowest BCUT2D eigenvalue weighted by atomic mass is 10.2. The number of carbonyl (C=O) groups is 1. The maximum absolute atomic E-state index is 11.8. The highest BCUT2D eigenvalue weighted by atomic mass is 32.1. The molecule has 5 nitrogen and oxygen atoms in total. The molecule has 0 spiro atoms. The lowest BCUT2D eigenvalue weighted by Crippen LogP contribution is -2.47. The first-order valence-corrected chi connectivity index (χ1v) is 8.18. The zero-order valence-corrected chi connectivity index (χ0v) is 13.1. The molecular weight excluding hydrogens is 298 g/mol. The number of hydrogen-bond donors (Lipinski definition) is 1. The van der Waals surface area contributed by atoms with Crippen LogP contribution in [0.2, 0.25) is 0 Å². The lowest BCUT2D eigenvalue weighted by Gasteiger charge is -2.25. The number of nitrogens with zero attached hydrogens (tertiary/aromatic N) is 2. The van der Waals surface area contributed by atoms with Crippen LogP contribution in [0.3, 0.4) is 0 Å². The maximum atomic E-state index is 11.8. The van der Waals surface area contributed by atoms with E-state index in [-0.39, 0.29) is 11.9 Å². The molecule has 0 radical (unpaired) electrons. The number of aromatic nitrogens is 1. The molecule has 0 saturated carbocycles. The van der Waals surface area contributed by atoms with Gasteiger partial charge in [0.15, 0.2) is 0 Å². The number of rotatable bonds is 4. The number of nitrogens with one attached hydrogen (secondary N) is 1. The molecule has 1 aromatic carbocycles. The molecular formula is C16H17N3O2S. The predicted octanol–water partition coefficient (Wildman–Crippen LogP) is 1.89. The van der Waals surface area contributed by atoms with Crippen molar-refractivity contribution in [2.75, 3.05) is 13.7 Å². The summed E-state index contributed by atoms with van der Waals surface area (Å²) in [5.41, 5.74) is 1.07. The van der Waals surface area contributed by atoms with Gasteiger partial charge in [-0.25, -0.2) is 4.98 Å². The molecule has 22 heavy (non-hydrogen) atoms. The molecule has 2 bridgehead atoms. The summed E-state index contributed by atoms with van der Waals surface area (Å²) >= 11 is 1.68. The summed E-state index contributed by atoms with van der Waals surface area (Å²) in [6, 6.07) is 8.32. The third kappa shape index (κ3) is 2.38. The molecule has 4 rings (SSSR count). The fraction of sp³-hybridized carbons (Fsp3) is 0.375. The number of likely N-dealkylation sites (tertiary alicyclic amines) is 1. The number of amides is 1. The standard InChI is InChI=1S/C16H17N3O2S/c1-21-12-4-2-3-10(5-12)16-17-7-13(22-16)9-19-8-11-6-14(19)15(20)18-11/h2-5,7,11,14H,6,8-9H2,1H3,(H,18,20)/t11-,14-/m0/s1. The quantitative estimate of drug-likeness (QED) is 0.936. The Bertz CT molecular complexity index is 715. The van der Waals surface area contributed by atoms with Crippen LogP contribution in [0.25, 0.3) is 10.6 Å². The Labute approximate surface area is 132 Å². The highest BCUT2D eigenvalue weighted by Crippen LogP contribution is 2.31. The summed E-state index contributed by atoms with van der Waals surface area (Å²) in [4.78, 5) is 19.7. The highest BCUT2D eigenvalue weighted by molar-refractivity contribution is 7.15. The van der Waals surface area contributed by atoms with Crippen LogP contribution in [0, 0.1) is 0 Å². The second-order valence-electron chi connectivity index (χ2n) is 5.75. The van der Waals surface area contributed by atoms with Gasteiger partial charge in [0, 0.05) is 35.8 Å². The normalized spacial score (nSPS) is 23.8. The first kappa shape index (κ1) is 13.7. The topological polar surface area (TPSA) is 54.5 Å². The van der Waals surface area contributed by atoms with Crippen LogP contribution in [-0.4, -0.2) is 41.5 Å². The van der Waals surface area contributed by atoms with Crippen LogP contribution in [0.4, 0.5) is 0 Å². The number of piperazine rings is 1. The molecule has 2 atom stereocenters. The monoisotopic (exact) mass is 315 g/mol. The Morgan fingerprint density at radius 3 is 3.18 bits per heavy atom. The van der Waals surface area contributed by atoms with Gasteiger partial charge in [-0.1, -0.05) is 12.1 Å². The molecule has 114 valence electrons. The SMILES string of the molecule is COc1cccc(-c2ncc(CN3C[C@@H]4C[C@H]3C(=O)N4)s2)c1. The van der Waals surface area contributed by atoms with Crippen molar-refractivity contribution in [1.82, 2.24) is 15.2 Å². The Morgan fingerprint density at radius 2 is 2.41 bits per heavy atom. The molecule has 2 aromatic rings. The molecule has 2 aliphatic rings. The Balaban J connectivity index is 1.51. The summed E-state index contributed by atoms with van der Waals surface area (Å²) in [7, 11) is 1.67. The van der Waals surface area contributed by atoms with Crippen molar-refractivity contribution in [3.05, 3.63) is 35.3 Å². The number of benzene rings is 1. The third-order valence-corrected chi connectivity index (χ3v) is 5.31. The van der Waals surface area contributed by atoms with Gasteiger partial charge in [0.05, 0.1) is 13.2 Å². The van der Waals surface area contributed by atoms with Gasteiger partial charge in [0.2, 0.25) is 5.91 Å². The van der Waals surface area contributed by atoms with Gasteiger partial charge in [0.1, 0.15) is 10.8 Å². The molecule has 3 heterocycles. The summed E-state index contributed by atoms with van der Waals surface area (Å²) in [5, 5.41) is 3.99. The molecule has 1 amide bonds. The van der Waals surface area contributed by atoms with E-state index in [4.69, 9.17) is 4.74 Å². The average Bonchev–Trinajstić information content (AvgIpc) is 3.23. The molecule has 1 aromatic heterocycles. The van der Waals surface area contributed by atoms with E-state index >= 15 is 0 Å². The number of thiazole rings is 1. The minimum Gasteiger partial charge on any atom is -0.497 e. The number of fused-ring (bicyclic) bond motifs is 2. The summed E-state index contributed by atoms with van der Waals surface area (Å²) < 4.78 is 5.26. The van der Waals surface area contributed by atoms with Crippen molar-refractivity contribution in [2.24, 2.45) is 0 Å². The summed E-state index contributed by atoms with van der Waals surface area (Å²) in [6.45, 7) is 1.75. The molecule has 0 unspecified atom stereocenters. The van der Waals surface area contributed by atoms with Crippen LogP contribution in [-0.2, 0) is 11.3 Å². The van der Waals surface area contributed by atoms with Gasteiger partial charge in [-0.05, 0) is 18.6 Å². The minimum absolute atomic E-state index is 0.0485. The second kappa shape index (κ2) is 5.37. The van der Waals surface area contributed by atoms with E-state index in [1.807, 2.05) is 30.5 Å². The van der Waals surface area contributed by atoms with Crippen molar-refractivity contribution in [1.29, 1.82) is 0 Å². The highest BCUT2D eigenvalue weighted by Gasteiger charge is 2.43. The first-order chi connectivity index (χ1) is 10.7. The number of carbonyl (C=O) groups excluding carboxylic acids is 1. The van der Waals surface area contributed by atoms with Gasteiger partial charge >= 0.3 is 0 Å². The average molecular weight is 315 g/mol. The lowest BCUT2D eigenvalue weighted by molar-refractivity contribution is -0.125. The van der Waals surface area contributed by atoms with Gasteiger partial charge in [-0.2, -0.15) is 0 Å². The molecule has 6 heteroatoms. The number of ether oxygens (including phenoxy) is 1. The van der Waals surface area contributed by atoms with Gasteiger partial charge in [0.25, 0.3) is 0 Å². The van der Waals surface area contributed by atoms with E-state index in [0.717, 1.165) is 35.8 Å². The van der Waals surface area contributed by atoms with Crippen molar-refractivity contribution < 1.29 is 9.53 Å². The van der Waals surface area contributed by atoms with Crippen molar-refractivity contribution in [2.45, 2.75) is 25.0 Å². The third-order valence-electron chi connectivity index (χ3n) is 4.28. The van der Waals surface area contributed by atoms with Crippen molar-refractivity contribution in [3.63, 3.8) is 0 Å². The number of methoxy groups -OCH3 is 1. The van der Waals surface area contributed by atoms with Crippen LogP contribution in [0.5, 0.6) is 5.75 Å². The zero-order chi connectivity index (χ0) is 15.1. The molecule has 2 fully saturated rings. The summed E-state index contributed by atoms with van der Waals surface area (Å²) in [6.07, 6.45) is 2.86.